The summed E-state index contributed by atoms with van der Waals surface area (Å²) >= 11 is 0. The lowest BCUT2D eigenvalue weighted by molar-refractivity contribution is -0.110. The average molecular weight is 298 g/mol. The first-order valence-electron chi connectivity index (χ1n) is 6.78. The van der Waals surface area contributed by atoms with E-state index in [1.54, 1.807) is 0 Å². The molecular weight excluding hydrogens is 287 g/mol. The van der Waals surface area contributed by atoms with E-state index in [0.29, 0.717) is 46.5 Å². The maximum atomic E-state index is 13.5. The molecule has 110 valence electrons. The van der Waals surface area contributed by atoms with Gasteiger partial charge in [0.05, 0.1) is 11.3 Å². The molecule has 2 aliphatic rings. The second-order valence-corrected chi connectivity index (χ2v) is 5.29. The van der Waals surface area contributed by atoms with Gasteiger partial charge in [-0.1, -0.05) is 0 Å². The number of fused-ring (bicyclic) bond motifs is 2. The third-order valence-electron chi connectivity index (χ3n) is 4.05. The Balaban J connectivity index is 1.94. The third-order valence-corrected chi connectivity index (χ3v) is 4.05. The van der Waals surface area contributed by atoms with Crippen molar-refractivity contribution in [1.29, 1.82) is 0 Å². The molecule has 4 N–H and O–H groups in total. The maximum Gasteiger partial charge on any atom is 0.267 e. The summed E-state index contributed by atoms with van der Waals surface area (Å²) in [6.45, 7) is 0. The van der Waals surface area contributed by atoms with Gasteiger partial charge in [0, 0.05) is 16.8 Å². The summed E-state index contributed by atoms with van der Waals surface area (Å²) in [5.74, 6) is -1.28. The van der Waals surface area contributed by atoms with Crippen molar-refractivity contribution >= 4 is 28.6 Å². The zero-order valence-electron chi connectivity index (χ0n) is 11.4. The quantitative estimate of drug-likeness (QED) is 0.695. The Morgan fingerprint density at radius 3 is 2.91 bits per heavy atom. The summed E-state index contributed by atoms with van der Waals surface area (Å²) in [7, 11) is 0. The Bertz CT molecular complexity index is 882. The largest absolute Gasteiger partial charge is 0.364 e. The van der Waals surface area contributed by atoms with E-state index in [9.17, 15) is 14.0 Å². The molecule has 1 aromatic carbocycles. The number of hydrogen-bond donors (Lipinski definition) is 3. The Labute approximate surface area is 124 Å². The van der Waals surface area contributed by atoms with Gasteiger partial charge in [-0.25, -0.2) is 4.39 Å². The Morgan fingerprint density at radius 2 is 2.14 bits per heavy atom. The Morgan fingerprint density at radius 1 is 1.32 bits per heavy atom. The van der Waals surface area contributed by atoms with Crippen LogP contribution in [0.2, 0.25) is 0 Å². The molecule has 2 amide bonds. The number of anilines is 1. The summed E-state index contributed by atoms with van der Waals surface area (Å²) in [4.78, 5) is 23.6. The third kappa shape index (κ3) is 1.62. The lowest BCUT2D eigenvalue weighted by Crippen LogP contribution is -2.13. The number of benzene rings is 1. The molecular formula is C15H11FN4O2. The molecule has 0 atom stereocenters. The van der Waals surface area contributed by atoms with Crippen LogP contribution in [0.15, 0.2) is 18.2 Å². The molecule has 2 heterocycles. The SMILES string of the molecule is NC(=O)c1[nH]nc2c1CCC2=C1C(=O)Nc2ccc(F)cc21. The minimum Gasteiger partial charge on any atom is -0.364 e. The van der Waals surface area contributed by atoms with Crippen molar-refractivity contribution in [3.63, 3.8) is 0 Å². The second-order valence-electron chi connectivity index (χ2n) is 5.29. The van der Waals surface area contributed by atoms with E-state index in [1.165, 1.54) is 18.2 Å². The molecule has 6 nitrogen and oxygen atoms in total. The molecule has 1 aromatic heterocycles. The van der Waals surface area contributed by atoms with Crippen molar-refractivity contribution in [1.82, 2.24) is 10.2 Å². The molecule has 1 aliphatic heterocycles. The van der Waals surface area contributed by atoms with Gasteiger partial charge >= 0.3 is 0 Å². The van der Waals surface area contributed by atoms with Gasteiger partial charge < -0.3 is 11.1 Å². The number of aromatic amines is 1. The summed E-state index contributed by atoms with van der Waals surface area (Å²) in [6, 6.07) is 4.16. The molecule has 0 unspecified atom stereocenters. The predicted molar refractivity (Wildman–Crippen MR) is 77.3 cm³/mol. The molecule has 7 heteroatoms. The molecule has 0 radical (unpaired) electrons. The van der Waals surface area contributed by atoms with Crippen LogP contribution in [0.3, 0.4) is 0 Å². The highest BCUT2D eigenvalue weighted by Crippen LogP contribution is 2.42. The fourth-order valence-electron chi connectivity index (χ4n) is 3.11. The van der Waals surface area contributed by atoms with E-state index in [1.807, 2.05) is 0 Å². The number of aromatic nitrogens is 2. The lowest BCUT2D eigenvalue weighted by Gasteiger charge is -2.03. The number of H-pyrrole nitrogens is 1. The first kappa shape index (κ1) is 12.8. The van der Waals surface area contributed by atoms with E-state index < -0.39 is 11.7 Å². The highest BCUT2D eigenvalue weighted by atomic mass is 19.1. The standard InChI is InChI=1S/C15H11FN4O2/c16-6-1-4-10-9(5-6)11(15(22)18-10)7-2-3-8-12(7)19-20-13(8)14(17)21/h1,4-5H,2-3H2,(H2,17,21)(H,18,22)(H,19,20). The first-order valence-corrected chi connectivity index (χ1v) is 6.78. The Kier molecular flexibility index (Phi) is 2.47. The van der Waals surface area contributed by atoms with Crippen LogP contribution >= 0.6 is 0 Å². The number of nitrogens with one attached hydrogen (secondary N) is 2. The van der Waals surface area contributed by atoms with Crippen molar-refractivity contribution in [2.75, 3.05) is 5.32 Å². The molecule has 2 aromatic rings. The van der Waals surface area contributed by atoms with Crippen LogP contribution in [0, 0.1) is 5.82 Å². The number of carbonyl (C=O) groups is 2. The molecule has 0 saturated carbocycles. The summed E-state index contributed by atoms with van der Waals surface area (Å²) < 4.78 is 13.5. The van der Waals surface area contributed by atoms with Gasteiger partial charge in [0.25, 0.3) is 11.8 Å². The number of primary amides is 1. The molecule has 4 rings (SSSR count). The second kappa shape index (κ2) is 4.27. The smallest absolute Gasteiger partial charge is 0.267 e. The zero-order chi connectivity index (χ0) is 15.4. The number of hydrogen-bond acceptors (Lipinski definition) is 3. The minimum absolute atomic E-state index is 0.267. The van der Waals surface area contributed by atoms with Gasteiger partial charge in [-0.05, 0) is 36.6 Å². The molecule has 0 bridgehead atoms. The normalized spacial score (nSPS) is 19.0. The number of rotatable bonds is 1. The van der Waals surface area contributed by atoms with Crippen molar-refractivity contribution in [3.05, 3.63) is 46.5 Å². The van der Waals surface area contributed by atoms with Crippen molar-refractivity contribution < 1.29 is 14.0 Å². The molecule has 0 fully saturated rings. The minimum atomic E-state index is -0.581. The van der Waals surface area contributed by atoms with Gasteiger partial charge in [-0.3, -0.25) is 14.7 Å². The topological polar surface area (TPSA) is 101 Å². The predicted octanol–water partition coefficient (Wildman–Crippen LogP) is 1.46. The number of nitrogens with zero attached hydrogens (tertiary/aromatic N) is 1. The van der Waals surface area contributed by atoms with Crippen molar-refractivity contribution in [2.24, 2.45) is 5.73 Å². The summed E-state index contributed by atoms with van der Waals surface area (Å²) in [6.07, 6.45) is 1.13. The van der Waals surface area contributed by atoms with E-state index in [2.05, 4.69) is 15.5 Å². The van der Waals surface area contributed by atoms with Gasteiger partial charge in [-0.2, -0.15) is 5.10 Å². The fourth-order valence-corrected chi connectivity index (χ4v) is 3.11. The summed E-state index contributed by atoms with van der Waals surface area (Å²) in [5.41, 5.74) is 9.07. The van der Waals surface area contributed by atoms with Crippen LogP contribution in [0.5, 0.6) is 0 Å². The highest BCUT2D eigenvalue weighted by molar-refractivity contribution is 6.37. The van der Waals surface area contributed by atoms with Gasteiger partial charge in [-0.15, -0.1) is 0 Å². The molecule has 1 aliphatic carbocycles. The monoisotopic (exact) mass is 298 g/mol. The van der Waals surface area contributed by atoms with E-state index in [-0.39, 0.29) is 11.6 Å². The van der Waals surface area contributed by atoms with Crippen LogP contribution in [0.25, 0.3) is 11.1 Å². The van der Waals surface area contributed by atoms with Gasteiger partial charge in [0.2, 0.25) is 0 Å². The fraction of sp³-hybridized carbons (Fsp3) is 0.133. The van der Waals surface area contributed by atoms with E-state index >= 15 is 0 Å². The molecule has 0 saturated heterocycles. The maximum absolute atomic E-state index is 13.5. The Hall–Kier alpha value is -2.96. The number of allylic oxidation sites excluding steroid dienone is 1. The number of nitrogens with two attached hydrogens (primary N) is 1. The number of halogens is 1. The molecule has 22 heavy (non-hydrogen) atoms. The van der Waals surface area contributed by atoms with Crippen LogP contribution in [-0.2, 0) is 11.2 Å². The number of carbonyl (C=O) groups excluding carboxylic acids is 2. The lowest BCUT2D eigenvalue weighted by atomic mass is 9.99. The first-order chi connectivity index (χ1) is 10.6. The number of amides is 2. The van der Waals surface area contributed by atoms with E-state index in [0.717, 1.165) is 0 Å². The summed E-state index contributed by atoms with van der Waals surface area (Å²) in [5, 5.41) is 9.45. The van der Waals surface area contributed by atoms with Crippen LogP contribution < -0.4 is 11.1 Å². The van der Waals surface area contributed by atoms with E-state index in [4.69, 9.17) is 5.73 Å². The van der Waals surface area contributed by atoms with Crippen molar-refractivity contribution in [3.8, 4) is 0 Å². The van der Waals surface area contributed by atoms with Gasteiger partial charge in [0.1, 0.15) is 11.5 Å². The molecule has 0 spiro atoms. The zero-order valence-corrected chi connectivity index (χ0v) is 11.4. The van der Waals surface area contributed by atoms with Crippen LogP contribution in [-0.4, -0.2) is 22.0 Å². The highest BCUT2D eigenvalue weighted by Gasteiger charge is 2.34. The van der Waals surface area contributed by atoms with Crippen LogP contribution in [0.1, 0.15) is 33.7 Å². The van der Waals surface area contributed by atoms with Crippen LogP contribution in [0.4, 0.5) is 10.1 Å². The van der Waals surface area contributed by atoms with Crippen molar-refractivity contribution in [2.45, 2.75) is 12.8 Å². The average Bonchev–Trinajstić information content (AvgIpc) is 3.11. The van der Waals surface area contributed by atoms with Gasteiger partial charge in [0.15, 0.2) is 0 Å².